The number of nitrogens with one attached hydrogen (secondary N) is 1. The molecule has 2 aromatic rings. The van der Waals surface area contributed by atoms with Gasteiger partial charge in [0.25, 0.3) is 0 Å². The van der Waals surface area contributed by atoms with Gasteiger partial charge in [0.15, 0.2) is 0 Å². The molecule has 0 atom stereocenters. The van der Waals surface area contributed by atoms with Crippen molar-refractivity contribution in [2.24, 2.45) is 11.1 Å². The highest BCUT2D eigenvalue weighted by Gasteiger charge is 2.18. The van der Waals surface area contributed by atoms with Gasteiger partial charge in [-0.1, -0.05) is 26.0 Å². The predicted molar refractivity (Wildman–Crippen MR) is 87.1 cm³/mol. The average molecular weight is 285 g/mol. The molecule has 0 saturated heterocycles. The van der Waals surface area contributed by atoms with Crippen molar-refractivity contribution in [3.63, 3.8) is 0 Å². The quantitative estimate of drug-likeness (QED) is 0.855. The van der Waals surface area contributed by atoms with Crippen LogP contribution in [-0.2, 0) is 4.79 Å². The molecule has 1 heterocycles. The second kappa shape index (κ2) is 6.68. The number of pyridine rings is 1. The lowest BCUT2D eigenvalue weighted by Gasteiger charge is -2.23. The van der Waals surface area contributed by atoms with Crippen molar-refractivity contribution in [1.29, 1.82) is 0 Å². The Bertz CT molecular complexity index is 617. The number of carbonyl (C=O) groups excluding carboxylic acids is 1. The van der Waals surface area contributed by atoms with E-state index in [1.165, 1.54) is 0 Å². The third kappa shape index (κ3) is 4.26. The molecule has 0 aliphatic carbocycles. The van der Waals surface area contributed by atoms with E-state index in [-0.39, 0.29) is 11.3 Å². The Morgan fingerprint density at radius 2 is 2.10 bits per heavy atom. The smallest absolute Gasteiger partial charge is 0.224 e. The number of rotatable bonds is 6. The largest absolute Gasteiger partial charge is 0.330 e. The summed E-state index contributed by atoms with van der Waals surface area (Å²) >= 11 is 0. The minimum Gasteiger partial charge on any atom is -0.330 e. The predicted octanol–water partition coefficient (Wildman–Crippen LogP) is 3.33. The normalized spacial score (nSPS) is 11.6. The Morgan fingerprint density at radius 3 is 2.86 bits per heavy atom. The summed E-state index contributed by atoms with van der Waals surface area (Å²) < 4.78 is 0. The molecule has 0 fully saturated rings. The molecule has 1 aromatic heterocycles. The highest BCUT2D eigenvalue weighted by Crippen LogP contribution is 2.27. The molecule has 4 nitrogen and oxygen atoms in total. The summed E-state index contributed by atoms with van der Waals surface area (Å²) in [5.41, 5.74) is 6.55. The maximum atomic E-state index is 12.1. The zero-order chi connectivity index (χ0) is 15.3. The number of carbonyl (C=O) groups is 1. The van der Waals surface area contributed by atoms with Crippen LogP contribution >= 0.6 is 0 Å². The van der Waals surface area contributed by atoms with Crippen LogP contribution in [0, 0.1) is 5.41 Å². The fraction of sp³-hybridized carbons (Fsp3) is 0.412. The molecule has 0 saturated carbocycles. The zero-order valence-electron chi connectivity index (χ0n) is 12.7. The number of benzene rings is 1. The fourth-order valence-electron chi connectivity index (χ4n) is 2.41. The summed E-state index contributed by atoms with van der Waals surface area (Å²) in [4.78, 5) is 16.2. The van der Waals surface area contributed by atoms with Crippen molar-refractivity contribution >= 4 is 22.4 Å². The van der Waals surface area contributed by atoms with E-state index in [9.17, 15) is 4.79 Å². The molecule has 1 amide bonds. The van der Waals surface area contributed by atoms with Crippen LogP contribution in [0.1, 0.15) is 33.1 Å². The van der Waals surface area contributed by atoms with Crippen molar-refractivity contribution in [2.45, 2.75) is 33.1 Å². The van der Waals surface area contributed by atoms with Gasteiger partial charge in [-0.2, -0.15) is 0 Å². The third-order valence-electron chi connectivity index (χ3n) is 3.80. The van der Waals surface area contributed by atoms with Gasteiger partial charge < -0.3 is 11.1 Å². The minimum atomic E-state index is 0.0457. The van der Waals surface area contributed by atoms with Gasteiger partial charge in [0.1, 0.15) is 0 Å². The number of nitrogens with zero attached hydrogens (tertiary/aromatic N) is 1. The summed E-state index contributed by atoms with van der Waals surface area (Å²) in [6, 6.07) is 7.76. The standard InChI is InChI=1S/C17H23N3O/c1-17(2,9-10-18)8-6-16(21)20-15-5-3-4-13-12-19-11-7-14(13)15/h3-5,7,11-12H,6,8-10,18H2,1-2H3,(H,20,21). The van der Waals surface area contributed by atoms with Crippen molar-refractivity contribution in [3.8, 4) is 0 Å². The molecule has 21 heavy (non-hydrogen) atoms. The van der Waals surface area contributed by atoms with Gasteiger partial charge >= 0.3 is 0 Å². The van der Waals surface area contributed by atoms with E-state index in [0.717, 1.165) is 29.3 Å². The van der Waals surface area contributed by atoms with Crippen LogP contribution in [0.25, 0.3) is 10.8 Å². The van der Waals surface area contributed by atoms with E-state index in [0.29, 0.717) is 13.0 Å². The molecule has 112 valence electrons. The van der Waals surface area contributed by atoms with Crippen LogP contribution in [-0.4, -0.2) is 17.4 Å². The van der Waals surface area contributed by atoms with Crippen LogP contribution < -0.4 is 11.1 Å². The van der Waals surface area contributed by atoms with E-state index in [2.05, 4.69) is 24.1 Å². The lowest BCUT2D eigenvalue weighted by molar-refractivity contribution is -0.116. The van der Waals surface area contributed by atoms with Crippen molar-refractivity contribution in [3.05, 3.63) is 36.7 Å². The topological polar surface area (TPSA) is 68.0 Å². The molecule has 0 aliphatic rings. The highest BCUT2D eigenvalue weighted by molar-refractivity contribution is 6.01. The molecule has 0 spiro atoms. The number of anilines is 1. The van der Waals surface area contributed by atoms with Crippen LogP contribution in [0.3, 0.4) is 0 Å². The van der Waals surface area contributed by atoms with Gasteiger partial charge in [0.2, 0.25) is 5.91 Å². The first-order valence-electron chi connectivity index (χ1n) is 7.34. The molecule has 4 heteroatoms. The monoisotopic (exact) mass is 285 g/mol. The number of hydrogen-bond donors (Lipinski definition) is 2. The van der Waals surface area contributed by atoms with Gasteiger partial charge in [-0.15, -0.1) is 0 Å². The number of aromatic nitrogens is 1. The number of fused-ring (bicyclic) bond motifs is 1. The first-order valence-corrected chi connectivity index (χ1v) is 7.34. The summed E-state index contributed by atoms with van der Waals surface area (Å²) in [6.07, 6.45) is 5.81. The maximum Gasteiger partial charge on any atom is 0.224 e. The average Bonchev–Trinajstić information content (AvgIpc) is 2.46. The van der Waals surface area contributed by atoms with Crippen LogP contribution in [0.4, 0.5) is 5.69 Å². The lowest BCUT2D eigenvalue weighted by atomic mass is 9.84. The Balaban J connectivity index is 2.02. The van der Waals surface area contributed by atoms with Gasteiger partial charge in [0.05, 0.1) is 0 Å². The molecule has 1 aromatic carbocycles. The molecule has 3 N–H and O–H groups in total. The van der Waals surface area contributed by atoms with Gasteiger partial charge in [-0.05, 0) is 36.9 Å². The van der Waals surface area contributed by atoms with Crippen LogP contribution in [0.5, 0.6) is 0 Å². The molecule has 0 aliphatic heterocycles. The Kier molecular flexibility index (Phi) is 4.91. The lowest BCUT2D eigenvalue weighted by Crippen LogP contribution is -2.20. The van der Waals surface area contributed by atoms with E-state index >= 15 is 0 Å². The second-order valence-electron chi connectivity index (χ2n) is 6.15. The molecule has 0 radical (unpaired) electrons. The molecule has 0 unspecified atom stereocenters. The Morgan fingerprint density at radius 1 is 1.29 bits per heavy atom. The Hall–Kier alpha value is -1.94. The maximum absolute atomic E-state index is 12.1. The molecule has 2 rings (SSSR count). The second-order valence-corrected chi connectivity index (χ2v) is 6.15. The first-order chi connectivity index (χ1) is 10.0. The van der Waals surface area contributed by atoms with Crippen molar-refractivity contribution in [1.82, 2.24) is 4.98 Å². The molecule has 0 bridgehead atoms. The van der Waals surface area contributed by atoms with Gasteiger partial charge in [-0.3, -0.25) is 9.78 Å². The van der Waals surface area contributed by atoms with Crippen molar-refractivity contribution < 1.29 is 4.79 Å². The molecular weight excluding hydrogens is 262 g/mol. The van der Waals surface area contributed by atoms with E-state index in [1.807, 2.05) is 24.3 Å². The SMILES string of the molecule is CC(C)(CCN)CCC(=O)Nc1cccc2cnccc12. The Labute approximate surface area is 125 Å². The van der Waals surface area contributed by atoms with Crippen molar-refractivity contribution in [2.75, 3.05) is 11.9 Å². The zero-order valence-corrected chi connectivity index (χ0v) is 12.7. The third-order valence-corrected chi connectivity index (χ3v) is 3.80. The summed E-state index contributed by atoms with van der Waals surface area (Å²) in [6.45, 7) is 4.96. The highest BCUT2D eigenvalue weighted by atomic mass is 16.1. The van der Waals surface area contributed by atoms with Crippen LogP contribution in [0.15, 0.2) is 36.7 Å². The first kappa shape index (κ1) is 15.4. The minimum absolute atomic E-state index is 0.0457. The van der Waals surface area contributed by atoms with E-state index in [4.69, 9.17) is 5.73 Å². The number of hydrogen-bond acceptors (Lipinski definition) is 3. The number of amides is 1. The summed E-state index contributed by atoms with van der Waals surface area (Å²) in [7, 11) is 0. The fourth-order valence-corrected chi connectivity index (χ4v) is 2.41. The summed E-state index contributed by atoms with van der Waals surface area (Å²) in [5, 5.41) is 5.04. The van der Waals surface area contributed by atoms with Gasteiger partial charge in [-0.25, -0.2) is 0 Å². The summed E-state index contributed by atoms with van der Waals surface area (Å²) in [5.74, 6) is 0.0457. The van der Waals surface area contributed by atoms with Gasteiger partial charge in [0, 0.05) is 35.3 Å². The van der Waals surface area contributed by atoms with E-state index in [1.54, 1.807) is 12.4 Å². The number of nitrogens with two attached hydrogens (primary N) is 1. The molecular formula is C17H23N3O. The van der Waals surface area contributed by atoms with Crippen LogP contribution in [0.2, 0.25) is 0 Å². The van der Waals surface area contributed by atoms with E-state index < -0.39 is 0 Å².